The molecule has 0 unspecified atom stereocenters. The van der Waals surface area contributed by atoms with Crippen LogP contribution in [0.4, 0.5) is 0 Å². The minimum Gasteiger partial charge on any atom is -0.454 e. The maximum absolute atomic E-state index is 12.5. The lowest BCUT2D eigenvalue weighted by Crippen LogP contribution is -2.18. The topological polar surface area (TPSA) is 57.5 Å². The van der Waals surface area contributed by atoms with Crippen molar-refractivity contribution in [3.8, 4) is 0 Å². The lowest BCUT2D eigenvalue weighted by molar-refractivity contribution is -0.136. The van der Waals surface area contributed by atoms with Crippen LogP contribution < -0.4 is 0 Å². The molecule has 3 rings (SSSR count). The molecule has 3 heterocycles. The molecule has 0 bridgehead atoms. The molecule has 2 aromatic heterocycles. The lowest BCUT2D eigenvalue weighted by atomic mass is 10.1. The van der Waals surface area contributed by atoms with E-state index in [9.17, 15) is 9.59 Å². The van der Waals surface area contributed by atoms with Crippen LogP contribution in [0.1, 0.15) is 39.5 Å². The van der Waals surface area contributed by atoms with E-state index in [4.69, 9.17) is 21.1 Å². The third-order valence-corrected chi connectivity index (χ3v) is 5.80. The predicted octanol–water partition coefficient (Wildman–Crippen LogP) is 4.44. The van der Waals surface area contributed by atoms with Crippen LogP contribution in [0.2, 0.25) is 4.34 Å². The van der Waals surface area contributed by atoms with E-state index in [-0.39, 0.29) is 18.5 Å². The summed E-state index contributed by atoms with van der Waals surface area (Å²) in [7, 11) is 0. The summed E-state index contributed by atoms with van der Waals surface area (Å²) in [4.78, 5) is 25.2. The molecule has 5 nitrogen and oxygen atoms in total. The Kier molecular flexibility index (Phi) is 6.52. The predicted molar refractivity (Wildman–Crippen MR) is 107 cm³/mol. The zero-order valence-electron chi connectivity index (χ0n) is 15.4. The van der Waals surface area contributed by atoms with Gasteiger partial charge in [-0.15, -0.1) is 11.3 Å². The summed E-state index contributed by atoms with van der Waals surface area (Å²) in [6.45, 7) is 5.16. The normalized spacial score (nSPS) is 16.9. The first kappa shape index (κ1) is 19.9. The Morgan fingerprint density at radius 2 is 2.22 bits per heavy atom. The summed E-state index contributed by atoms with van der Waals surface area (Å²) >= 11 is 7.20. The number of aromatic nitrogens is 1. The fourth-order valence-corrected chi connectivity index (χ4v) is 4.15. The van der Waals surface area contributed by atoms with Crippen LogP contribution in [-0.4, -0.2) is 35.6 Å². The molecule has 2 aromatic rings. The summed E-state index contributed by atoms with van der Waals surface area (Å²) in [5.74, 6) is -0.761. The van der Waals surface area contributed by atoms with Crippen molar-refractivity contribution in [1.82, 2.24) is 4.57 Å². The zero-order valence-corrected chi connectivity index (χ0v) is 16.9. The molecule has 0 saturated carbocycles. The van der Waals surface area contributed by atoms with Gasteiger partial charge in [0.05, 0.1) is 10.4 Å². The molecule has 1 aliphatic rings. The van der Waals surface area contributed by atoms with Gasteiger partial charge >= 0.3 is 5.97 Å². The fraction of sp³-hybridized carbons (Fsp3) is 0.400. The van der Waals surface area contributed by atoms with E-state index in [2.05, 4.69) is 4.57 Å². The quantitative estimate of drug-likeness (QED) is 0.387. The second-order valence-corrected chi connectivity index (χ2v) is 8.28. The molecule has 0 radical (unpaired) electrons. The number of aryl methyl sites for hydroxylation is 1. The molecule has 7 heteroatoms. The van der Waals surface area contributed by atoms with Crippen LogP contribution in [0.25, 0.3) is 6.08 Å². The molecule has 144 valence electrons. The van der Waals surface area contributed by atoms with Gasteiger partial charge in [0.2, 0.25) is 5.78 Å². The number of carbonyl (C=O) groups excluding carboxylic acids is 2. The highest BCUT2D eigenvalue weighted by atomic mass is 35.5. The number of hydrogen-bond acceptors (Lipinski definition) is 5. The Morgan fingerprint density at radius 3 is 2.89 bits per heavy atom. The minimum atomic E-state index is -0.555. The van der Waals surface area contributed by atoms with E-state index in [1.807, 2.05) is 26.0 Å². The summed E-state index contributed by atoms with van der Waals surface area (Å²) in [6.07, 6.45) is 5.25. The first-order valence-electron chi connectivity index (χ1n) is 8.85. The van der Waals surface area contributed by atoms with Crippen molar-refractivity contribution in [2.45, 2.75) is 39.3 Å². The molecular formula is C20H22ClNO4S. The molecule has 0 N–H and O–H groups in total. The van der Waals surface area contributed by atoms with Gasteiger partial charge in [0, 0.05) is 41.1 Å². The SMILES string of the molecule is Cc1cc(C(=O)COC(=O)/C=C/c2ccc(Cl)s2)c(C)n1C[C@@H]1CCCO1. The van der Waals surface area contributed by atoms with Crippen molar-refractivity contribution in [1.29, 1.82) is 0 Å². The first-order chi connectivity index (χ1) is 12.9. The van der Waals surface area contributed by atoms with Crippen LogP contribution in [-0.2, 0) is 20.8 Å². The molecule has 1 aliphatic heterocycles. The molecular weight excluding hydrogens is 386 g/mol. The number of Topliss-reactive ketones (excluding diaryl/α,β-unsaturated/α-hetero) is 1. The number of halogens is 1. The van der Waals surface area contributed by atoms with Crippen molar-refractivity contribution in [2.24, 2.45) is 0 Å². The summed E-state index contributed by atoms with van der Waals surface area (Å²) < 4.78 is 13.5. The Labute approximate surface area is 167 Å². The average molecular weight is 408 g/mol. The van der Waals surface area contributed by atoms with Gasteiger partial charge in [0.15, 0.2) is 6.61 Å². The Morgan fingerprint density at radius 1 is 1.41 bits per heavy atom. The third-order valence-electron chi connectivity index (χ3n) is 4.61. The Balaban J connectivity index is 1.57. The molecule has 0 aliphatic carbocycles. The Bertz CT molecular complexity index is 861. The standard InChI is InChI=1S/C20H22ClNO4S/c1-13-10-17(14(2)22(13)11-15-4-3-9-25-15)18(23)12-26-20(24)8-6-16-5-7-19(21)27-16/h5-8,10,15H,3-4,9,11-12H2,1-2H3/b8-6+/t15-/m0/s1. The second-order valence-electron chi connectivity index (χ2n) is 6.54. The minimum absolute atomic E-state index is 0.200. The largest absolute Gasteiger partial charge is 0.454 e. The molecule has 0 spiro atoms. The summed E-state index contributed by atoms with van der Waals surface area (Å²) in [5.41, 5.74) is 2.48. The second kappa shape index (κ2) is 8.87. The highest BCUT2D eigenvalue weighted by molar-refractivity contribution is 7.17. The van der Waals surface area contributed by atoms with Crippen LogP contribution >= 0.6 is 22.9 Å². The Hall–Kier alpha value is -1.89. The molecule has 1 saturated heterocycles. The van der Waals surface area contributed by atoms with Gasteiger partial charge < -0.3 is 14.0 Å². The average Bonchev–Trinajstić information content (AvgIpc) is 3.36. The van der Waals surface area contributed by atoms with E-state index >= 15 is 0 Å². The number of ether oxygens (including phenoxy) is 2. The van der Waals surface area contributed by atoms with Gasteiger partial charge in [-0.05, 0) is 51.0 Å². The van der Waals surface area contributed by atoms with Crippen molar-refractivity contribution in [2.75, 3.05) is 13.2 Å². The monoisotopic (exact) mass is 407 g/mol. The first-order valence-corrected chi connectivity index (χ1v) is 10.0. The van der Waals surface area contributed by atoms with E-state index in [0.717, 1.165) is 42.3 Å². The van der Waals surface area contributed by atoms with Crippen molar-refractivity contribution in [3.05, 3.63) is 50.4 Å². The van der Waals surface area contributed by atoms with Crippen molar-refractivity contribution >= 4 is 40.8 Å². The highest BCUT2D eigenvalue weighted by Gasteiger charge is 2.21. The number of esters is 1. The lowest BCUT2D eigenvalue weighted by Gasteiger charge is -2.14. The van der Waals surface area contributed by atoms with Crippen LogP contribution in [0, 0.1) is 13.8 Å². The number of thiophene rings is 1. The van der Waals surface area contributed by atoms with Gasteiger partial charge in [-0.3, -0.25) is 4.79 Å². The fourth-order valence-electron chi connectivity index (χ4n) is 3.19. The number of hydrogen-bond donors (Lipinski definition) is 0. The number of rotatable bonds is 7. The number of nitrogens with zero attached hydrogens (tertiary/aromatic N) is 1. The molecule has 1 fully saturated rings. The third kappa shape index (κ3) is 5.09. The van der Waals surface area contributed by atoms with Crippen LogP contribution in [0.15, 0.2) is 24.3 Å². The van der Waals surface area contributed by atoms with Gasteiger partial charge in [-0.1, -0.05) is 11.6 Å². The molecule has 1 atom stereocenters. The zero-order chi connectivity index (χ0) is 19.4. The van der Waals surface area contributed by atoms with Crippen LogP contribution in [0.3, 0.4) is 0 Å². The smallest absolute Gasteiger partial charge is 0.331 e. The van der Waals surface area contributed by atoms with Gasteiger partial charge in [0.25, 0.3) is 0 Å². The maximum Gasteiger partial charge on any atom is 0.331 e. The number of carbonyl (C=O) groups is 2. The van der Waals surface area contributed by atoms with Crippen molar-refractivity contribution < 1.29 is 19.1 Å². The summed E-state index contributed by atoms with van der Waals surface area (Å²) in [6, 6.07) is 5.42. The molecule has 0 amide bonds. The molecule has 27 heavy (non-hydrogen) atoms. The van der Waals surface area contributed by atoms with E-state index in [1.165, 1.54) is 17.4 Å². The highest BCUT2D eigenvalue weighted by Crippen LogP contribution is 2.23. The van der Waals surface area contributed by atoms with E-state index in [0.29, 0.717) is 9.90 Å². The number of ketones is 1. The van der Waals surface area contributed by atoms with Gasteiger partial charge in [-0.25, -0.2) is 4.79 Å². The van der Waals surface area contributed by atoms with Gasteiger partial charge in [0.1, 0.15) is 0 Å². The van der Waals surface area contributed by atoms with E-state index < -0.39 is 5.97 Å². The van der Waals surface area contributed by atoms with Gasteiger partial charge in [-0.2, -0.15) is 0 Å². The summed E-state index contributed by atoms with van der Waals surface area (Å²) in [5, 5.41) is 0. The van der Waals surface area contributed by atoms with Crippen LogP contribution in [0.5, 0.6) is 0 Å². The maximum atomic E-state index is 12.5. The van der Waals surface area contributed by atoms with Crippen molar-refractivity contribution in [3.63, 3.8) is 0 Å². The van der Waals surface area contributed by atoms with E-state index in [1.54, 1.807) is 12.1 Å². The molecule has 0 aromatic carbocycles.